The first-order valence-electron chi connectivity index (χ1n) is 21.6. The monoisotopic (exact) mass is 933 g/mol. The van der Waals surface area contributed by atoms with Gasteiger partial charge in [0.2, 0.25) is 17.7 Å². The molecule has 3 aromatic carbocycles. The van der Waals surface area contributed by atoms with Gasteiger partial charge in [0.15, 0.2) is 17.3 Å². The van der Waals surface area contributed by atoms with Crippen LogP contribution in [0.2, 0.25) is 5.02 Å². The number of hydrogen-bond donors (Lipinski definition) is 3. The Labute approximate surface area is 393 Å². The van der Waals surface area contributed by atoms with Crippen molar-refractivity contribution in [3.05, 3.63) is 108 Å². The zero-order valence-corrected chi connectivity index (χ0v) is 38.9. The van der Waals surface area contributed by atoms with Crippen molar-refractivity contribution in [3.8, 4) is 28.5 Å². The SMILES string of the molecule is CC(C)(C)C(NC(=O)COCCCCn1cc(-c2ccc(N3C(=S)N(c4ccc(C#N)c(Cl)c4)C(=O)C3(C)C)cc2)cn1)C(=O)N1C[C@H](O)C[C@H]1C(=O)NCc1ccc(-c2cnco2)cc1. The van der Waals surface area contributed by atoms with Gasteiger partial charge < -0.3 is 34.7 Å². The van der Waals surface area contributed by atoms with Crippen LogP contribution in [0.25, 0.3) is 22.5 Å². The van der Waals surface area contributed by atoms with Crippen LogP contribution in [0, 0.1) is 16.7 Å². The summed E-state index contributed by atoms with van der Waals surface area (Å²) < 4.78 is 12.9. The molecule has 2 saturated heterocycles. The number of hydrogen-bond acceptors (Lipinski definition) is 11. The molecule has 2 aromatic heterocycles. The summed E-state index contributed by atoms with van der Waals surface area (Å²) in [7, 11) is 0. The minimum atomic E-state index is -0.981. The van der Waals surface area contributed by atoms with Crippen molar-refractivity contribution in [2.45, 2.75) is 90.7 Å². The molecule has 2 fully saturated rings. The van der Waals surface area contributed by atoms with Crippen LogP contribution < -0.4 is 20.4 Å². The smallest absolute Gasteiger partial charge is 0.259 e. The molecule has 18 heteroatoms. The predicted octanol–water partition coefficient (Wildman–Crippen LogP) is 6.25. The number of unbranched alkanes of at least 4 members (excludes halogenated alkanes) is 1. The number of carbonyl (C=O) groups is 4. The van der Waals surface area contributed by atoms with E-state index in [1.807, 2.05) is 105 Å². The van der Waals surface area contributed by atoms with Gasteiger partial charge in [-0.15, -0.1) is 0 Å². The van der Waals surface area contributed by atoms with E-state index >= 15 is 0 Å². The number of nitrogens with zero attached hydrogens (tertiary/aromatic N) is 7. The number of nitrogens with one attached hydrogen (secondary N) is 2. The van der Waals surface area contributed by atoms with Gasteiger partial charge in [0, 0.05) is 55.7 Å². The number of aryl methyl sites for hydroxylation is 1. The van der Waals surface area contributed by atoms with Crippen molar-refractivity contribution >= 4 is 63.9 Å². The lowest BCUT2D eigenvalue weighted by atomic mass is 9.85. The molecular formula is C48H52ClN9O7S. The summed E-state index contributed by atoms with van der Waals surface area (Å²) >= 11 is 12.1. The fourth-order valence-electron chi connectivity index (χ4n) is 8.05. The minimum Gasteiger partial charge on any atom is -0.444 e. The minimum absolute atomic E-state index is 0.0280. The van der Waals surface area contributed by atoms with Gasteiger partial charge in [-0.05, 0) is 85.8 Å². The number of benzene rings is 3. The fraction of sp³-hybridized carbons (Fsp3) is 0.375. The highest BCUT2D eigenvalue weighted by Crippen LogP contribution is 2.38. The standard InChI is InChI=1S/C48H52ClN9O7S/c1-47(2,3)42(44(62)56-27-37(59)21-39(56)43(61)52-23-30-8-10-32(11-9-30)40-25-51-29-65-40)54-41(60)28-64-19-7-6-18-55-26-34(24-53-55)31-12-15-35(16-13-31)58-46(66)57(45(63)48(58,4)5)36-17-14-33(22-50)38(49)20-36/h8-17,20,24-26,29,37,39,42,59H,6-7,18-19,21,23,27-28H2,1-5H3,(H,52,61)(H,54,60)/t37-,39+,42?/m1/s1. The molecule has 2 aliphatic rings. The highest BCUT2D eigenvalue weighted by Gasteiger charge is 2.50. The fourth-order valence-corrected chi connectivity index (χ4v) is 8.78. The number of ether oxygens (including phenoxy) is 1. The molecule has 66 heavy (non-hydrogen) atoms. The van der Waals surface area contributed by atoms with Crippen LogP contribution in [0.3, 0.4) is 0 Å². The molecular weight excluding hydrogens is 882 g/mol. The van der Waals surface area contributed by atoms with E-state index in [-0.39, 0.29) is 37.0 Å². The molecule has 3 N–H and O–H groups in total. The molecule has 0 spiro atoms. The molecule has 344 valence electrons. The van der Waals surface area contributed by atoms with Gasteiger partial charge >= 0.3 is 0 Å². The number of likely N-dealkylation sites (tertiary alicyclic amines) is 1. The van der Waals surface area contributed by atoms with Crippen LogP contribution >= 0.6 is 23.8 Å². The number of aromatic nitrogens is 3. The summed E-state index contributed by atoms with van der Waals surface area (Å²) in [5, 5.41) is 30.6. The Morgan fingerprint density at radius 2 is 1.74 bits per heavy atom. The van der Waals surface area contributed by atoms with E-state index in [1.54, 1.807) is 30.6 Å². The Balaban J connectivity index is 0.856. The van der Waals surface area contributed by atoms with Crippen LogP contribution in [0.1, 0.15) is 65.0 Å². The van der Waals surface area contributed by atoms with E-state index in [9.17, 15) is 29.5 Å². The number of nitriles is 1. The number of anilines is 2. The van der Waals surface area contributed by atoms with Crippen molar-refractivity contribution < 1.29 is 33.4 Å². The van der Waals surface area contributed by atoms with Crippen molar-refractivity contribution in [2.24, 2.45) is 5.41 Å². The summed E-state index contributed by atoms with van der Waals surface area (Å²) in [6.07, 6.45) is 7.29. The number of aliphatic hydroxyl groups is 1. The van der Waals surface area contributed by atoms with Crippen molar-refractivity contribution in [1.29, 1.82) is 5.26 Å². The van der Waals surface area contributed by atoms with E-state index in [4.69, 9.17) is 33.0 Å². The zero-order chi connectivity index (χ0) is 47.3. The highest BCUT2D eigenvalue weighted by molar-refractivity contribution is 7.81. The molecule has 7 rings (SSSR count). The molecule has 5 aromatic rings. The van der Waals surface area contributed by atoms with Crippen LogP contribution in [-0.2, 0) is 37.0 Å². The summed E-state index contributed by atoms with van der Waals surface area (Å²) in [5.41, 5.74) is 3.38. The summed E-state index contributed by atoms with van der Waals surface area (Å²) in [4.78, 5) is 62.6. The van der Waals surface area contributed by atoms with Gasteiger partial charge in [0.1, 0.15) is 30.3 Å². The third kappa shape index (κ3) is 10.5. The normalized spacial score (nSPS) is 17.5. The van der Waals surface area contributed by atoms with Crippen LogP contribution in [0.15, 0.2) is 96.1 Å². The summed E-state index contributed by atoms with van der Waals surface area (Å²) in [6, 6.07) is 20.1. The predicted molar refractivity (Wildman–Crippen MR) is 252 cm³/mol. The maximum absolute atomic E-state index is 14.0. The van der Waals surface area contributed by atoms with Gasteiger partial charge in [-0.25, -0.2) is 4.98 Å². The van der Waals surface area contributed by atoms with Crippen molar-refractivity contribution in [2.75, 3.05) is 29.6 Å². The molecule has 3 atom stereocenters. The second-order valence-electron chi connectivity index (χ2n) is 17.9. The first-order chi connectivity index (χ1) is 31.5. The van der Waals surface area contributed by atoms with E-state index < -0.39 is 46.9 Å². The summed E-state index contributed by atoms with van der Waals surface area (Å²) in [5.74, 6) is -0.893. The highest BCUT2D eigenvalue weighted by atomic mass is 35.5. The average Bonchev–Trinajstić information content (AvgIpc) is 4.10. The third-order valence-corrected chi connectivity index (χ3v) is 12.3. The lowest BCUT2D eigenvalue weighted by molar-refractivity contribution is -0.144. The van der Waals surface area contributed by atoms with Crippen molar-refractivity contribution in [1.82, 2.24) is 30.3 Å². The molecule has 0 radical (unpaired) electrons. The number of rotatable bonds is 16. The summed E-state index contributed by atoms with van der Waals surface area (Å²) in [6.45, 7) is 9.98. The molecule has 0 aliphatic carbocycles. The maximum atomic E-state index is 14.0. The van der Waals surface area contributed by atoms with E-state index in [0.29, 0.717) is 41.7 Å². The first kappa shape index (κ1) is 47.5. The Kier molecular flexibility index (Phi) is 14.4. The molecule has 0 bridgehead atoms. The molecule has 4 heterocycles. The molecule has 16 nitrogen and oxygen atoms in total. The van der Waals surface area contributed by atoms with Crippen LogP contribution in [0.5, 0.6) is 0 Å². The second-order valence-corrected chi connectivity index (χ2v) is 18.7. The van der Waals surface area contributed by atoms with E-state index in [0.717, 1.165) is 34.4 Å². The van der Waals surface area contributed by atoms with Crippen LogP contribution in [-0.4, -0.2) is 97.0 Å². The average molecular weight is 935 g/mol. The lowest BCUT2D eigenvalue weighted by Gasteiger charge is -2.35. The maximum Gasteiger partial charge on any atom is 0.259 e. The molecule has 2 aliphatic heterocycles. The number of β-amino-alcohol motifs (C(OH)–C–C–N with tert-alkyl or cyclic N) is 1. The first-order valence-corrected chi connectivity index (χ1v) is 22.4. The van der Waals surface area contributed by atoms with Gasteiger partial charge in [0.25, 0.3) is 5.91 Å². The largest absolute Gasteiger partial charge is 0.444 e. The quantitative estimate of drug-likeness (QED) is 0.0744. The van der Waals surface area contributed by atoms with Gasteiger partial charge in [0.05, 0.1) is 34.8 Å². The number of carbonyl (C=O) groups excluding carboxylic acids is 4. The lowest BCUT2D eigenvalue weighted by Crippen LogP contribution is -2.58. The topological polar surface area (TPSA) is 199 Å². The number of thiocarbonyl (C=S) groups is 1. The number of oxazole rings is 1. The third-order valence-electron chi connectivity index (χ3n) is 11.7. The van der Waals surface area contributed by atoms with Gasteiger partial charge in [-0.2, -0.15) is 10.4 Å². The Bertz CT molecular complexity index is 2620. The number of halogens is 1. The Hall–Kier alpha value is -6.45. The molecule has 4 amide bonds. The molecule has 1 unspecified atom stereocenters. The second kappa shape index (κ2) is 20.0. The molecule has 0 saturated carbocycles. The van der Waals surface area contributed by atoms with Crippen LogP contribution in [0.4, 0.5) is 11.4 Å². The van der Waals surface area contributed by atoms with Crippen molar-refractivity contribution in [3.63, 3.8) is 0 Å². The van der Waals surface area contributed by atoms with E-state index in [1.165, 1.54) is 16.2 Å². The number of amides is 4. The van der Waals surface area contributed by atoms with E-state index in [2.05, 4.69) is 20.7 Å². The number of aliphatic hydroxyl groups excluding tert-OH is 1. The zero-order valence-electron chi connectivity index (χ0n) is 37.4. The van der Waals surface area contributed by atoms with Gasteiger partial charge in [-0.1, -0.05) is 68.8 Å². The van der Waals surface area contributed by atoms with Gasteiger partial charge in [-0.3, -0.25) is 28.8 Å². The Morgan fingerprint density at radius 1 is 1.03 bits per heavy atom. The Morgan fingerprint density at radius 3 is 2.41 bits per heavy atom.